The summed E-state index contributed by atoms with van der Waals surface area (Å²) in [6.45, 7) is 13.5. The summed E-state index contributed by atoms with van der Waals surface area (Å²) >= 11 is 3.77. The summed E-state index contributed by atoms with van der Waals surface area (Å²) in [4.78, 5) is 9.42. The first-order valence-corrected chi connectivity index (χ1v) is 10.3. The first-order chi connectivity index (χ1) is 10.8. The number of nitrogens with zero attached hydrogens (tertiary/aromatic N) is 2. The van der Waals surface area contributed by atoms with Gasteiger partial charge in [0.1, 0.15) is 5.01 Å². The summed E-state index contributed by atoms with van der Waals surface area (Å²) in [5.74, 6) is 2.18. The van der Waals surface area contributed by atoms with Gasteiger partial charge >= 0.3 is 0 Å². The number of hydrogen-bond donors (Lipinski definition) is 2. The topological polar surface area (TPSA) is 49.3 Å². The van der Waals surface area contributed by atoms with Gasteiger partial charge in [0, 0.05) is 28.6 Å². The number of thioether (sulfide) groups is 1. The number of hydrogen-bond acceptors (Lipinski definition) is 4. The molecule has 2 N–H and O–H groups in total. The van der Waals surface area contributed by atoms with Crippen molar-refractivity contribution in [1.29, 1.82) is 0 Å². The van der Waals surface area contributed by atoms with E-state index in [0.29, 0.717) is 11.3 Å². The van der Waals surface area contributed by atoms with Gasteiger partial charge in [-0.2, -0.15) is 11.8 Å². The Labute approximate surface area is 172 Å². The van der Waals surface area contributed by atoms with E-state index < -0.39 is 0 Å². The number of halogens is 1. The van der Waals surface area contributed by atoms with Gasteiger partial charge in [-0.3, -0.25) is 0 Å². The average Bonchev–Trinajstić information content (AvgIpc) is 3.11. The fourth-order valence-electron chi connectivity index (χ4n) is 2.46. The number of rotatable bonds is 5. The van der Waals surface area contributed by atoms with Crippen LogP contribution in [0.25, 0.3) is 0 Å². The molecule has 0 radical (unpaired) electrons. The first-order valence-electron chi connectivity index (χ1n) is 8.43. The Morgan fingerprint density at radius 2 is 2.12 bits per heavy atom. The molecule has 0 saturated carbocycles. The third-order valence-corrected chi connectivity index (χ3v) is 6.34. The summed E-state index contributed by atoms with van der Waals surface area (Å²) in [5.41, 5.74) is 1.26. The summed E-state index contributed by atoms with van der Waals surface area (Å²) in [6, 6.07) is 0. The Balaban J connectivity index is 0.00000288. The van der Waals surface area contributed by atoms with Crippen LogP contribution in [0.1, 0.15) is 58.2 Å². The minimum Gasteiger partial charge on any atom is -0.357 e. The van der Waals surface area contributed by atoms with Crippen molar-refractivity contribution in [3.05, 3.63) is 16.1 Å². The van der Waals surface area contributed by atoms with Crippen molar-refractivity contribution in [3.8, 4) is 0 Å². The highest BCUT2D eigenvalue weighted by Gasteiger charge is 2.29. The van der Waals surface area contributed by atoms with Gasteiger partial charge in [0.05, 0.1) is 12.2 Å². The van der Waals surface area contributed by atoms with E-state index in [1.807, 2.05) is 0 Å². The molecule has 0 spiro atoms. The Morgan fingerprint density at radius 1 is 1.38 bits per heavy atom. The van der Waals surface area contributed by atoms with E-state index in [9.17, 15) is 0 Å². The van der Waals surface area contributed by atoms with Crippen molar-refractivity contribution in [3.63, 3.8) is 0 Å². The van der Waals surface area contributed by atoms with Gasteiger partial charge in [-0.05, 0) is 32.4 Å². The molecule has 24 heavy (non-hydrogen) atoms. The quantitative estimate of drug-likeness (QED) is 0.371. The van der Waals surface area contributed by atoms with Crippen LogP contribution in [0.4, 0.5) is 0 Å². The summed E-state index contributed by atoms with van der Waals surface area (Å²) < 4.78 is 0.344. The monoisotopic (exact) mass is 482 g/mol. The lowest BCUT2D eigenvalue weighted by Gasteiger charge is -2.24. The van der Waals surface area contributed by atoms with Gasteiger partial charge in [0.15, 0.2) is 5.96 Å². The molecule has 1 fully saturated rings. The van der Waals surface area contributed by atoms with Crippen LogP contribution in [-0.4, -0.2) is 34.5 Å². The Kier molecular flexibility index (Phi) is 8.82. The maximum atomic E-state index is 4.72. The zero-order valence-electron chi connectivity index (χ0n) is 15.4. The highest BCUT2D eigenvalue weighted by atomic mass is 127. The Bertz CT molecular complexity index is 531. The first kappa shape index (κ1) is 22.0. The number of thiazole rings is 1. The highest BCUT2D eigenvalue weighted by molar-refractivity contribution is 14.0. The second-order valence-electron chi connectivity index (χ2n) is 7.33. The van der Waals surface area contributed by atoms with Crippen molar-refractivity contribution in [2.45, 2.75) is 64.2 Å². The molecule has 138 valence electrons. The van der Waals surface area contributed by atoms with Crippen LogP contribution >= 0.6 is 47.1 Å². The highest BCUT2D eigenvalue weighted by Crippen LogP contribution is 2.36. The van der Waals surface area contributed by atoms with E-state index in [2.05, 4.69) is 62.4 Å². The molecule has 0 amide bonds. The second kappa shape index (κ2) is 9.62. The zero-order valence-corrected chi connectivity index (χ0v) is 19.4. The molecular formula is C17H31IN4S2. The molecule has 0 aromatic carbocycles. The van der Waals surface area contributed by atoms with Crippen molar-refractivity contribution < 1.29 is 0 Å². The lowest BCUT2D eigenvalue weighted by atomic mass is 9.93. The minimum atomic E-state index is 0. The van der Waals surface area contributed by atoms with E-state index in [0.717, 1.165) is 29.8 Å². The van der Waals surface area contributed by atoms with Crippen LogP contribution in [0.5, 0.6) is 0 Å². The van der Waals surface area contributed by atoms with Crippen LogP contribution in [0.15, 0.2) is 10.4 Å². The van der Waals surface area contributed by atoms with Crippen molar-refractivity contribution >= 4 is 53.0 Å². The van der Waals surface area contributed by atoms with Gasteiger partial charge < -0.3 is 10.6 Å². The van der Waals surface area contributed by atoms with Gasteiger partial charge in [0.2, 0.25) is 0 Å². The van der Waals surface area contributed by atoms with Crippen LogP contribution in [0.3, 0.4) is 0 Å². The molecule has 1 aliphatic heterocycles. The van der Waals surface area contributed by atoms with E-state index in [-0.39, 0.29) is 29.4 Å². The van der Waals surface area contributed by atoms with Gasteiger partial charge in [-0.15, -0.1) is 35.3 Å². The summed E-state index contributed by atoms with van der Waals surface area (Å²) in [7, 11) is 0. The molecule has 1 unspecified atom stereocenters. The Hall–Kier alpha value is -0.0200. The van der Waals surface area contributed by atoms with Crippen LogP contribution in [0.2, 0.25) is 0 Å². The molecule has 1 saturated heterocycles. The fraction of sp³-hybridized carbons (Fsp3) is 0.765. The number of guanidine groups is 1. The molecule has 0 aliphatic carbocycles. The molecule has 2 rings (SSSR count). The zero-order chi connectivity index (χ0) is 16.9. The van der Waals surface area contributed by atoms with Crippen molar-refractivity contribution in [2.24, 2.45) is 4.99 Å². The number of nitrogens with one attached hydrogen (secondary N) is 2. The molecule has 7 heteroatoms. The molecule has 0 bridgehead atoms. The molecule has 2 heterocycles. The largest absolute Gasteiger partial charge is 0.357 e. The molecule has 1 aliphatic rings. The van der Waals surface area contributed by atoms with E-state index in [4.69, 9.17) is 9.98 Å². The molecular weight excluding hydrogens is 451 g/mol. The Morgan fingerprint density at radius 3 is 2.67 bits per heavy atom. The SMILES string of the molecule is CCNC(=NCc1nc(C(C)(C)C)cs1)NCC1(C)CCCS1.I. The number of aromatic nitrogens is 1. The molecule has 1 aromatic rings. The van der Waals surface area contributed by atoms with Gasteiger partial charge in [0.25, 0.3) is 0 Å². The standard InChI is InChI=1S/C17H30N4S2.HI/c1-6-18-15(20-12-17(5)8-7-9-23-17)19-10-14-21-13(11-22-14)16(2,3)4;/h11H,6-10,12H2,1-5H3,(H2,18,19,20);1H. The average molecular weight is 483 g/mol. The van der Waals surface area contributed by atoms with E-state index >= 15 is 0 Å². The van der Waals surface area contributed by atoms with Gasteiger partial charge in [-0.1, -0.05) is 20.8 Å². The van der Waals surface area contributed by atoms with Crippen LogP contribution < -0.4 is 10.6 Å². The van der Waals surface area contributed by atoms with E-state index in [1.54, 1.807) is 11.3 Å². The number of aliphatic imine (C=N–C) groups is 1. The third kappa shape index (κ3) is 6.71. The molecule has 4 nitrogen and oxygen atoms in total. The third-order valence-electron chi connectivity index (χ3n) is 3.97. The van der Waals surface area contributed by atoms with Crippen molar-refractivity contribution in [2.75, 3.05) is 18.8 Å². The maximum absolute atomic E-state index is 4.72. The molecule has 1 atom stereocenters. The molecule has 1 aromatic heterocycles. The summed E-state index contributed by atoms with van der Waals surface area (Å²) in [5, 5.41) is 10.1. The predicted octanol–water partition coefficient (Wildman–Crippen LogP) is 4.40. The van der Waals surface area contributed by atoms with Gasteiger partial charge in [-0.25, -0.2) is 9.98 Å². The predicted molar refractivity (Wildman–Crippen MR) is 119 cm³/mol. The minimum absolute atomic E-state index is 0. The van der Waals surface area contributed by atoms with E-state index in [1.165, 1.54) is 18.6 Å². The van der Waals surface area contributed by atoms with Crippen LogP contribution in [-0.2, 0) is 12.0 Å². The fourth-order valence-corrected chi connectivity index (χ4v) is 4.65. The lowest BCUT2D eigenvalue weighted by molar-refractivity contribution is 0.570. The van der Waals surface area contributed by atoms with Crippen LogP contribution in [0, 0.1) is 0 Å². The summed E-state index contributed by atoms with van der Waals surface area (Å²) in [6.07, 6.45) is 2.61. The smallest absolute Gasteiger partial charge is 0.191 e. The maximum Gasteiger partial charge on any atom is 0.191 e. The second-order valence-corrected chi connectivity index (χ2v) is 9.95. The lowest BCUT2D eigenvalue weighted by Crippen LogP contribution is -2.43. The normalized spacial score (nSPS) is 21.5. The van der Waals surface area contributed by atoms with Crippen molar-refractivity contribution in [1.82, 2.24) is 15.6 Å².